The Morgan fingerprint density at radius 2 is 1.94 bits per heavy atom. The summed E-state index contributed by atoms with van der Waals surface area (Å²) in [5, 5.41) is 0. The first-order chi connectivity index (χ1) is 8.86. The molecule has 1 aliphatic rings. The average Bonchev–Trinajstić information content (AvgIpc) is 2.43. The van der Waals surface area contributed by atoms with Gasteiger partial charge < -0.3 is 10.5 Å². The van der Waals surface area contributed by atoms with Crippen LogP contribution in [0.15, 0.2) is 24.3 Å². The fraction of sp³-hybridized carbons (Fsp3) is 0.600. The van der Waals surface area contributed by atoms with Crippen molar-refractivity contribution in [1.82, 2.24) is 4.90 Å². The van der Waals surface area contributed by atoms with Crippen LogP contribution in [0.1, 0.15) is 37.8 Å². The highest BCUT2D eigenvalue weighted by Gasteiger charge is 2.23. The quantitative estimate of drug-likeness (QED) is 0.870. The number of benzene rings is 1. The molecule has 2 rings (SSSR count). The van der Waals surface area contributed by atoms with Gasteiger partial charge in [-0.25, -0.2) is 0 Å². The average molecular weight is 248 g/mol. The molecule has 0 saturated carbocycles. The Hall–Kier alpha value is -1.06. The topological polar surface area (TPSA) is 38.5 Å². The second-order valence-corrected chi connectivity index (χ2v) is 4.82. The van der Waals surface area contributed by atoms with Crippen molar-refractivity contribution >= 4 is 0 Å². The van der Waals surface area contributed by atoms with Gasteiger partial charge in [-0.15, -0.1) is 0 Å². The molecule has 1 atom stereocenters. The molecule has 0 spiro atoms. The normalized spacial score (nSPS) is 18.6. The molecule has 2 N–H and O–H groups in total. The third-order valence-electron chi connectivity index (χ3n) is 3.63. The molecule has 1 saturated heterocycles. The molecule has 3 nitrogen and oxygen atoms in total. The van der Waals surface area contributed by atoms with E-state index in [1.165, 1.54) is 24.8 Å². The molecule has 0 bridgehead atoms. The molecule has 0 aliphatic carbocycles. The van der Waals surface area contributed by atoms with Gasteiger partial charge in [0.05, 0.1) is 12.6 Å². The molecular weight excluding hydrogens is 224 g/mol. The van der Waals surface area contributed by atoms with E-state index in [1.807, 2.05) is 19.1 Å². The zero-order valence-electron chi connectivity index (χ0n) is 11.3. The van der Waals surface area contributed by atoms with Crippen LogP contribution in [0.3, 0.4) is 0 Å². The van der Waals surface area contributed by atoms with Crippen LogP contribution in [0, 0.1) is 0 Å². The highest BCUT2D eigenvalue weighted by molar-refractivity contribution is 5.36. The molecule has 0 aromatic heterocycles. The van der Waals surface area contributed by atoms with Gasteiger partial charge in [0.2, 0.25) is 0 Å². The Kier molecular flexibility index (Phi) is 5.02. The van der Waals surface area contributed by atoms with Gasteiger partial charge in [-0.3, -0.25) is 4.90 Å². The van der Waals surface area contributed by atoms with Crippen molar-refractivity contribution in [2.45, 2.75) is 32.2 Å². The minimum Gasteiger partial charge on any atom is -0.494 e. The van der Waals surface area contributed by atoms with Crippen LogP contribution in [0.4, 0.5) is 0 Å². The number of nitrogens with two attached hydrogens (primary N) is 1. The molecule has 3 heteroatoms. The Morgan fingerprint density at radius 1 is 1.22 bits per heavy atom. The summed E-state index contributed by atoms with van der Waals surface area (Å²) in [5.74, 6) is 0.987. The van der Waals surface area contributed by atoms with Crippen LogP contribution in [0.5, 0.6) is 5.75 Å². The highest BCUT2D eigenvalue weighted by Crippen LogP contribution is 2.30. The second-order valence-electron chi connectivity index (χ2n) is 4.82. The van der Waals surface area contributed by atoms with Crippen molar-refractivity contribution in [3.63, 3.8) is 0 Å². The molecule has 1 aromatic carbocycles. The van der Waals surface area contributed by atoms with E-state index in [1.54, 1.807) is 0 Å². The van der Waals surface area contributed by atoms with Crippen LogP contribution in [-0.4, -0.2) is 31.1 Å². The smallest absolute Gasteiger partial charge is 0.124 e. The van der Waals surface area contributed by atoms with E-state index in [9.17, 15) is 0 Å². The lowest BCUT2D eigenvalue weighted by Gasteiger charge is -2.34. The van der Waals surface area contributed by atoms with E-state index >= 15 is 0 Å². The summed E-state index contributed by atoms with van der Waals surface area (Å²) in [6.45, 7) is 5.69. The predicted octanol–water partition coefficient (Wildman–Crippen LogP) is 2.57. The molecule has 1 heterocycles. The molecular formula is C15H24N2O. The van der Waals surface area contributed by atoms with E-state index in [-0.39, 0.29) is 0 Å². The summed E-state index contributed by atoms with van der Waals surface area (Å²) < 4.78 is 5.73. The van der Waals surface area contributed by atoms with Gasteiger partial charge in [0.1, 0.15) is 5.75 Å². The number of para-hydroxylation sites is 1. The van der Waals surface area contributed by atoms with E-state index in [4.69, 9.17) is 10.5 Å². The monoisotopic (exact) mass is 248 g/mol. The lowest BCUT2D eigenvalue weighted by Crippen LogP contribution is -2.37. The van der Waals surface area contributed by atoms with Crippen molar-refractivity contribution in [2.75, 3.05) is 26.2 Å². The van der Waals surface area contributed by atoms with Gasteiger partial charge in [-0.05, 0) is 38.9 Å². The Balaban J connectivity index is 2.20. The van der Waals surface area contributed by atoms with Gasteiger partial charge in [0, 0.05) is 12.1 Å². The number of nitrogens with zero attached hydrogens (tertiary/aromatic N) is 1. The second kappa shape index (κ2) is 6.76. The van der Waals surface area contributed by atoms with Gasteiger partial charge >= 0.3 is 0 Å². The maximum Gasteiger partial charge on any atom is 0.124 e. The molecule has 0 unspecified atom stereocenters. The Bertz CT molecular complexity index is 361. The van der Waals surface area contributed by atoms with Crippen LogP contribution >= 0.6 is 0 Å². The van der Waals surface area contributed by atoms with Crippen molar-refractivity contribution in [3.8, 4) is 5.75 Å². The number of likely N-dealkylation sites (tertiary alicyclic amines) is 1. The first-order valence-electron chi connectivity index (χ1n) is 7.02. The lowest BCUT2D eigenvalue weighted by atomic mass is 10.0. The van der Waals surface area contributed by atoms with E-state index < -0.39 is 0 Å². The van der Waals surface area contributed by atoms with Crippen LogP contribution in [0.2, 0.25) is 0 Å². The number of piperidine rings is 1. The molecule has 1 aliphatic heterocycles. The summed E-state index contributed by atoms with van der Waals surface area (Å²) in [5.41, 5.74) is 7.24. The summed E-state index contributed by atoms with van der Waals surface area (Å²) in [7, 11) is 0. The van der Waals surface area contributed by atoms with Gasteiger partial charge in [0.15, 0.2) is 0 Å². The van der Waals surface area contributed by atoms with Crippen molar-refractivity contribution in [3.05, 3.63) is 29.8 Å². The first-order valence-corrected chi connectivity index (χ1v) is 7.02. The third kappa shape index (κ3) is 3.03. The van der Waals surface area contributed by atoms with Crippen molar-refractivity contribution < 1.29 is 4.74 Å². The summed E-state index contributed by atoms with van der Waals surface area (Å²) in [6, 6.07) is 8.60. The van der Waals surface area contributed by atoms with Gasteiger partial charge in [-0.2, -0.15) is 0 Å². The maximum atomic E-state index is 6.00. The standard InChI is InChI=1S/C15H24N2O/c1-2-18-15-9-5-4-8-13(15)14(12-16)17-10-6-3-7-11-17/h4-5,8-9,14H,2-3,6-7,10-12,16H2,1H3/t14-/m0/s1. The number of ether oxygens (including phenoxy) is 1. The van der Waals surface area contributed by atoms with Crippen LogP contribution < -0.4 is 10.5 Å². The lowest BCUT2D eigenvalue weighted by molar-refractivity contribution is 0.164. The van der Waals surface area contributed by atoms with Gasteiger partial charge in [0.25, 0.3) is 0 Å². The molecule has 1 aromatic rings. The fourth-order valence-corrected chi connectivity index (χ4v) is 2.75. The van der Waals surface area contributed by atoms with Crippen LogP contribution in [-0.2, 0) is 0 Å². The Labute approximate surface area is 110 Å². The maximum absolute atomic E-state index is 6.00. The predicted molar refractivity (Wildman–Crippen MR) is 74.8 cm³/mol. The zero-order valence-corrected chi connectivity index (χ0v) is 11.3. The largest absolute Gasteiger partial charge is 0.494 e. The van der Waals surface area contributed by atoms with Crippen LogP contribution in [0.25, 0.3) is 0 Å². The van der Waals surface area contributed by atoms with Crippen molar-refractivity contribution in [1.29, 1.82) is 0 Å². The molecule has 100 valence electrons. The SMILES string of the molecule is CCOc1ccccc1[C@H](CN)N1CCCCC1. The number of hydrogen-bond donors (Lipinski definition) is 1. The van der Waals surface area contributed by atoms with Crippen molar-refractivity contribution in [2.24, 2.45) is 5.73 Å². The zero-order chi connectivity index (χ0) is 12.8. The summed E-state index contributed by atoms with van der Waals surface area (Å²) in [6.07, 6.45) is 3.92. The van der Waals surface area contributed by atoms with E-state index in [0.29, 0.717) is 19.2 Å². The van der Waals surface area contributed by atoms with E-state index in [0.717, 1.165) is 18.8 Å². The number of rotatable bonds is 5. The third-order valence-corrected chi connectivity index (χ3v) is 3.63. The summed E-state index contributed by atoms with van der Waals surface area (Å²) >= 11 is 0. The van der Waals surface area contributed by atoms with E-state index in [2.05, 4.69) is 17.0 Å². The number of hydrogen-bond acceptors (Lipinski definition) is 3. The minimum absolute atomic E-state index is 0.299. The molecule has 1 fully saturated rings. The molecule has 0 radical (unpaired) electrons. The molecule has 0 amide bonds. The minimum atomic E-state index is 0.299. The fourth-order valence-electron chi connectivity index (χ4n) is 2.75. The first kappa shape index (κ1) is 13.4. The summed E-state index contributed by atoms with van der Waals surface area (Å²) in [4.78, 5) is 2.50. The van der Waals surface area contributed by atoms with Gasteiger partial charge in [-0.1, -0.05) is 24.6 Å². The molecule has 18 heavy (non-hydrogen) atoms. The highest BCUT2D eigenvalue weighted by atomic mass is 16.5. The Morgan fingerprint density at radius 3 is 2.61 bits per heavy atom.